The molecule has 1 atom stereocenters. The van der Waals surface area contributed by atoms with Crippen LogP contribution in [-0.4, -0.2) is 58.9 Å². The summed E-state index contributed by atoms with van der Waals surface area (Å²) >= 11 is 4.87. The molecule has 10 nitrogen and oxygen atoms in total. The Morgan fingerprint density at radius 3 is 2.97 bits per heavy atom. The maximum Gasteiger partial charge on any atom is 0.262 e. The molecular weight excluding hydrogens is 548 g/mol. The summed E-state index contributed by atoms with van der Waals surface area (Å²) in [4.78, 5) is 34.1. The molecule has 3 aromatic heterocycles. The molecule has 0 bridgehead atoms. The van der Waals surface area contributed by atoms with E-state index in [1.807, 2.05) is 12.1 Å². The van der Waals surface area contributed by atoms with Crippen molar-refractivity contribution < 1.29 is 19.1 Å². The zero-order valence-corrected chi connectivity index (χ0v) is 21.9. The van der Waals surface area contributed by atoms with Gasteiger partial charge in [-0.3, -0.25) is 14.7 Å². The molecular formula is C24H27BrN6O4S. The Labute approximate surface area is 220 Å². The van der Waals surface area contributed by atoms with Crippen LogP contribution in [0.4, 0.5) is 11.4 Å². The van der Waals surface area contributed by atoms with E-state index in [0.29, 0.717) is 29.6 Å². The Kier molecular flexibility index (Phi) is 7.83. The normalized spacial score (nSPS) is 16.3. The van der Waals surface area contributed by atoms with Gasteiger partial charge in [-0.05, 0) is 47.0 Å². The molecule has 5 rings (SSSR count). The molecule has 3 N–H and O–H groups in total. The number of nitrogens with zero attached hydrogens (tertiary/aromatic N) is 3. The molecule has 2 aliphatic rings. The van der Waals surface area contributed by atoms with Crippen LogP contribution in [-0.2, 0) is 16.1 Å². The van der Waals surface area contributed by atoms with Gasteiger partial charge in [0.05, 0.1) is 42.6 Å². The van der Waals surface area contributed by atoms with E-state index in [1.54, 1.807) is 18.5 Å². The van der Waals surface area contributed by atoms with E-state index in [0.717, 1.165) is 47.3 Å². The lowest BCUT2D eigenvalue weighted by Gasteiger charge is -2.30. The Morgan fingerprint density at radius 2 is 2.17 bits per heavy atom. The van der Waals surface area contributed by atoms with Crippen molar-refractivity contribution >= 4 is 50.5 Å². The zero-order chi connectivity index (χ0) is 24.9. The molecule has 12 heteroatoms. The van der Waals surface area contributed by atoms with Gasteiger partial charge in [-0.2, -0.15) is 5.10 Å². The summed E-state index contributed by atoms with van der Waals surface area (Å²) in [6, 6.07) is 4.89. The number of thiophene rings is 1. The quantitative estimate of drug-likeness (QED) is 0.356. The number of aromatic amines is 1. The SMILES string of the molecule is O=C(N[C@@H](COC1CCCC1)C(=O)Nc1cn[nH]c1)c1ccc(CN2CCOc3ncc(Br)cc32)s1. The highest BCUT2D eigenvalue weighted by Gasteiger charge is 2.26. The molecule has 4 heterocycles. The van der Waals surface area contributed by atoms with Crippen LogP contribution in [0.25, 0.3) is 0 Å². The van der Waals surface area contributed by atoms with Gasteiger partial charge in [-0.25, -0.2) is 4.98 Å². The van der Waals surface area contributed by atoms with Crippen LogP contribution in [0.15, 0.2) is 41.3 Å². The number of carbonyl (C=O) groups excluding carboxylic acids is 2. The number of aromatic nitrogens is 3. The molecule has 0 radical (unpaired) electrons. The van der Waals surface area contributed by atoms with Gasteiger partial charge in [-0.15, -0.1) is 11.3 Å². The fourth-order valence-electron chi connectivity index (χ4n) is 4.31. The highest BCUT2D eigenvalue weighted by atomic mass is 79.9. The van der Waals surface area contributed by atoms with Crippen LogP contribution in [0.2, 0.25) is 0 Å². The fraction of sp³-hybridized carbons (Fsp3) is 0.417. The minimum absolute atomic E-state index is 0.116. The highest BCUT2D eigenvalue weighted by Crippen LogP contribution is 2.33. The lowest BCUT2D eigenvalue weighted by atomic mass is 10.2. The van der Waals surface area contributed by atoms with Crippen molar-refractivity contribution in [2.24, 2.45) is 0 Å². The second kappa shape index (κ2) is 11.4. The lowest BCUT2D eigenvalue weighted by Crippen LogP contribution is -2.47. The first-order chi connectivity index (χ1) is 17.5. The first kappa shape index (κ1) is 24.7. The molecule has 1 aliphatic carbocycles. The van der Waals surface area contributed by atoms with Gasteiger partial charge >= 0.3 is 0 Å². The summed E-state index contributed by atoms with van der Waals surface area (Å²) in [6.45, 7) is 2.01. The van der Waals surface area contributed by atoms with Crippen molar-refractivity contribution in [3.63, 3.8) is 0 Å². The number of amides is 2. The second-order valence-electron chi connectivity index (χ2n) is 8.76. The van der Waals surface area contributed by atoms with Crippen molar-refractivity contribution in [1.29, 1.82) is 0 Å². The third-order valence-corrected chi connectivity index (χ3v) is 7.66. The first-order valence-electron chi connectivity index (χ1n) is 11.9. The van der Waals surface area contributed by atoms with Crippen molar-refractivity contribution in [2.75, 3.05) is 30.0 Å². The second-order valence-corrected chi connectivity index (χ2v) is 10.8. The van der Waals surface area contributed by atoms with E-state index in [1.165, 1.54) is 17.5 Å². The van der Waals surface area contributed by atoms with Crippen LogP contribution < -0.4 is 20.3 Å². The van der Waals surface area contributed by atoms with Gasteiger partial charge < -0.3 is 25.0 Å². The van der Waals surface area contributed by atoms with Crippen molar-refractivity contribution in [3.8, 4) is 5.88 Å². The maximum atomic E-state index is 13.1. The molecule has 0 unspecified atom stereocenters. The minimum atomic E-state index is -0.826. The van der Waals surface area contributed by atoms with E-state index >= 15 is 0 Å². The number of halogens is 1. The molecule has 190 valence electrons. The van der Waals surface area contributed by atoms with Gasteiger partial charge in [0.1, 0.15) is 18.3 Å². The molecule has 0 aromatic carbocycles. The van der Waals surface area contributed by atoms with E-state index < -0.39 is 6.04 Å². The van der Waals surface area contributed by atoms with Gasteiger partial charge in [-0.1, -0.05) is 12.8 Å². The van der Waals surface area contributed by atoms with Crippen molar-refractivity contribution in [3.05, 3.63) is 51.0 Å². The topological polar surface area (TPSA) is 121 Å². The highest BCUT2D eigenvalue weighted by molar-refractivity contribution is 9.10. The Balaban J connectivity index is 1.24. The van der Waals surface area contributed by atoms with Crippen LogP contribution in [0.5, 0.6) is 5.88 Å². The third kappa shape index (κ3) is 6.05. The number of fused-ring (bicyclic) bond motifs is 1. The Hall–Kier alpha value is -2.96. The lowest BCUT2D eigenvalue weighted by molar-refractivity contribution is -0.120. The molecule has 0 spiro atoms. The average Bonchev–Trinajstić information content (AvgIpc) is 3.65. The summed E-state index contributed by atoms with van der Waals surface area (Å²) in [5.41, 5.74) is 1.44. The maximum absolute atomic E-state index is 13.1. The standard InChI is InChI=1S/C24H27BrN6O4S/c25-15-9-20-24(26-10-15)34-8-7-31(20)13-18-5-6-21(36-18)23(33)30-19(14-35-17-3-1-2-4-17)22(32)29-16-11-27-28-12-16/h5-6,9-12,17,19H,1-4,7-8,13-14H2,(H,27,28)(H,29,32)(H,30,33)/t19-/m0/s1. The summed E-state index contributed by atoms with van der Waals surface area (Å²) < 4.78 is 12.5. The Bertz CT molecular complexity index is 1200. The summed E-state index contributed by atoms with van der Waals surface area (Å²) in [5.74, 6) is -0.0457. The number of H-pyrrole nitrogens is 1. The molecule has 1 fully saturated rings. The van der Waals surface area contributed by atoms with Gasteiger partial charge in [0.15, 0.2) is 0 Å². The van der Waals surface area contributed by atoms with Crippen LogP contribution >= 0.6 is 27.3 Å². The van der Waals surface area contributed by atoms with Crippen LogP contribution in [0.3, 0.4) is 0 Å². The van der Waals surface area contributed by atoms with Gasteiger partial charge in [0.2, 0.25) is 11.8 Å². The van der Waals surface area contributed by atoms with E-state index in [9.17, 15) is 9.59 Å². The number of carbonyl (C=O) groups is 2. The van der Waals surface area contributed by atoms with E-state index in [-0.39, 0.29) is 24.5 Å². The van der Waals surface area contributed by atoms with E-state index in [4.69, 9.17) is 9.47 Å². The largest absolute Gasteiger partial charge is 0.474 e. The monoisotopic (exact) mass is 574 g/mol. The number of rotatable bonds is 9. The molecule has 0 saturated heterocycles. The number of nitrogens with one attached hydrogen (secondary N) is 3. The molecule has 2 amide bonds. The number of anilines is 2. The smallest absolute Gasteiger partial charge is 0.262 e. The summed E-state index contributed by atoms with van der Waals surface area (Å²) in [7, 11) is 0. The van der Waals surface area contributed by atoms with Crippen LogP contribution in [0.1, 0.15) is 40.2 Å². The number of hydrogen-bond acceptors (Lipinski definition) is 8. The predicted octanol–water partition coefficient (Wildman–Crippen LogP) is 3.72. The van der Waals surface area contributed by atoms with Crippen molar-refractivity contribution in [2.45, 2.75) is 44.4 Å². The third-order valence-electron chi connectivity index (χ3n) is 6.16. The molecule has 1 aliphatic heterocycles. The fourth-order valence-corrected chi connectivity index (χ4v) is 5.56. The molecule has 1 saturated carbocycles. The van der Waals surface area contributed by atoms with Crippen molar-refractivity contribution in [1.82, 2.24) is 20.5 Å². The minimum Gasteiger partial charge on any atom is -0.474 e. The first-order valence-corrected chi connectivity index (χ1v) is 13.5. The average molecular weight is 575 g/mol. The van der Waals surface area contributed by atoms with Crippen LogP contribution in [0, 0.1) is 0 Å². The zero-order valence-electron chi connectivity index (χ0n) is 19.5. The molecule has 36 heavy (non-hydrogen) atoms. The molecule has 3 aromatic rings. The number of ether oxygens (including phenoxy) is 2. The van der Waals surface area contributed by atoms with E-state index in [2.05, 4.69) is 46.6 Å². The summed E-state index contributed by atoms with van der Waals surface area (Å²) in [5, 5.41) is 12.1. The number of hydrogen-bond donors (Lipinski definition) is 3. The van der Waals surface area contributed by atoms with Gasteiger partial charge in [0, 0.05) is 21.7 Å². The number of pyridine rings is 1. The predicted molar refractivity (Wildman–Crippen MR) is 139 cm³/mol. The Morgan fingerprint density at radius 1 is 1.31 bits per heavy atom. The summed E-state index contributed by atoms with van der Waals surface area (Å²) in [6.07, 6.45) is 9.15. The van der Waals surface area contributed by atoms with Gasteiger partial charge in [0.25, 0.3) is 5.91 Å².